The summed E-state index contributed by atoms with van der Waals surface area (Å²) in [5.74, 6) is -9.09. The number of piperazine rings is 2. The maximum absolute atomic E-state index is 16.0. The number of allylic oxidation sites excluding steroid dienone is 5. The Hall–Kier alpha value is -10.7. The molecule has 1 aliphatic carbocycles. The zero-order valence-electron chi connectivity index (χ0n) is 79.5. The second-order valence-corrected chi connectivity index (χ2v) is 39.0. The van der Waals surface area contributed by atoms with Crippen LogP contribution in [0.1, 0.15) is 162 Å². The number of nitrogen functional groups attached to an aromatic ring is 1. The number of esters is 1. The summed E-state index contributed by atoms with van der Waals surface area (Å²) in [6, 6.07) is 9.43. The standard InChI is InChI=1S/C98H134FN15O21S/c1-60-16-12-11-13-17-61(2)79(128-8)51-73-23-19-65(6)98(125,135-73)90(119)93(122)114-31-15-14-18-76(114)94(123)133-81(52-80(129-9)62(3)47-64(5)88(117)89(118)87(116)63(4)46-60)75(100)48-67-20-25-78(82(49-67)130-10)134-97(124)108-55-68-53-104-95(105-54-68)112-38-36-110(37-39-112)85(115)29-42-131-43-40-109-32-34-111(35-33-109)96-106-57-72(58-107-96)91(120)102-30-45-136(126,127)83-27-24-74(66(7)86(83)99)92(121)113-41-44-132-77-26-21-69(50-71(77)59-113)70-22-28-84(101)103-56-70/h11-13,16-17,21-22,24,26-28,47,50,53-54,56-58,60,62-63,65,67,73,75-76,78-82,88-89,117-118,125H,14-15,18-20,23,25,29-46,48-49,51-52,55,59,100H2,1-10H3,(H2,101,103)(H,102,120)(H,108,124)/b13-11?,16-12+,61-17?,64-47+/t60-,62-,63-,65-,67+,73+,75-,76+,78-,79+,80-,81+,82-,88-,89+,98-/m1/s1. The molecule has 740 valence electrons. The lowest BCUT2D eigenvalue weighted by Crippen LogP contribution is -2.61. The third-order valence-corrected chi connectivity index (χ3v) is 29.0. The molecule has 36 nitrogen and oxygen atoms in total. The van der Waals surface area contributed by atoms with Gasteiger partial charge in [-0.3, -0.25) is 33.7 Å². The van der Waals surface area contributed by atoms with Crippen LogP contribution in [-0.4, -0.2) is 308 Å². The fraction of sp³-hybridized carbons (Fsp3) is 0.582. The average Bonchev–Trinajstić information content (AvgIpc) is 0.992. The molecule has 5 amide bonds. The second kappa shape index (κ2) is 48.6. The number of fused-ring (bicyclic) bond motifs is 4. The van der Waals surface area contributed by atoms with E-state index in [2.05, 4.69) is 40.5 Å². The number of hydrogen-bond acceptors (Lipinski definition) is 31. The largest absolute Gasteiger partial charge is 0.491 e. The van der Waals surface area contributed by atoms with E-state index in [-0.39, 0.29) is 106 Å². The predicted molar refractivity (Wildman–Crippen MR) is 503 cm³/mol. The SMILES string of the molecule is CO[C@H]1C[C@@H]2CC[C@@H](C)[C@@](O)(O2)C(=O)C(=O)N2CCCC[C@H]2C(=O)O[C@H]([C@H](N)C[C@@H]2CC[C@@H](OC(=O)NCc3cnc(N4CCN(C(=O)CCOCCN5CCN(c6ncc(C(=O)NCCS(=O)(=O)c7ccc(C(=O)N8CCOc9ccc(-c%10ccc(N)nc%10)cc9C8)c(C)c7F)cn6)CC5)CC4)nc3)[C@H](OC)C2)C[C@@H](OC)[C@H](C)/C=C(\C)[C@@H](O)[C@@H](O)C(=O)[C@H](C)C[C@H](C)/C=C/C=CC=C1C. The number of halogens is 1. The summed E-state index contributed by atoms with van der Waals surface area (Å²) in [6.45, 7) is 18.1. The molecule has 16 atom stereocenters. The van der Waals surface area contributed by atoms with Crippen LogP contribution in [0.2, 0.25) is 0 Å². The number of alkyl carbamates (subject to hydrolysis) is 1. The van der Waals surface area contributed by atoms with Crippen LogP contribution < -0.4 is 36.6 Å². The first-order valence-corrected chi connectivity index (χ1v) is 48.9. The van der Waals surface area contributed by atoms with Gasteiger partial charge >= 0.3 is 12.1 Å². The highest BCUT2D eigenvalue weighted by Gasteiger charge is 2.54. The van der Waals surface area contributed by atoms with Gasteiger partial charge in [-0.25, -0.2) is 47.3 Å². The van der Waals surface area contributed by atoms with Crippen LogP contribution in [0.25, 0.3) is 11.1 Å². The Labute approximate surface area is 794 Å². The lowest BCUT2D eigenvalue weighted by molar-refractivity contribution is -0.265. The van der Waals surface area contributed by atoms with Crippen molar-refractivity contribution >= 4 is 74.8 Å². The Morgan fingerprint density at radius 1 is 0.706 bits per heavy atom. The first kappa shape index (κ1) is 104. The molecule has 4 saturated heterocycles. The van der Waals surface area contributed by atoms with Crippen LogP contribution in [0.3, 0.4) is 0 Å². The number of nitrogens with two attached hydrogens (primary N) is 2. The molecule has 3 aromatic heterocycles. The van der Waals surface area contributed by atoms with E-state index < -0.39 is 152 Å². The highest BCUT2D eigenvalue weighted by molar-refractivity contribution is 7.91. The van der Waals surface area contributed by atoms with Crippen molar-refractivity contribution in [1.82, 2.24) is 55.2 Å². The minimum absolute atomic E-state index is 0.00808. The second-order valence-electron chi connectivity index (χ2n) is 36.9. The van der Waals surface area contributed by atoms with Crippen molar-refractivity contribution in [1.29, 1.82) is 0 Å². The monoisotopic (exact) mass is 1910 g/mol. The minimum atomic E-state index is -4.27. The normalized spacial score (nSPS) is 27.4. The van der Waals surface area contributed by atoms with E-state index in [4.69, 9.17) is 49.4 Å². The number of sulfone groups is 1. The van der Waals surface area contributed by atoms with Crippen molar-refractivity contribution < 1.29 is 104 Å². The maximum Gasteiger partial charge on any atom is 0.407 e. The molecule has 38 heteroatoms. The van der Waals surface area contributed by atoms with Crippen LogP contribution >= 0.6 is 0 Å². The Kier molecular flexibility index (Phi) is 37.2. The zero-order chi connectivity index (χ0) is 97.7. The van der Waals surface area contributed by atoms with Gasteiger partial charge in [-0.05, 0) is 155 Å². The van der Waals surface area contributed by atoms with Gasteiger partial charge in [0.1, 0.15) is 59.3 Å². The van der Waals surface area contributed by atoms with Crippen molar-refractivity contribution in [2.24, 2.45) is 35.3 Å². The number of aliphatic hydroxyl groups is 3. The number of aliphatic hydroxyl groups excluding tert-OH is 2. The Morgan fingerprint density at radius 2 is 1.41 bits per heavy atom. The van der Waals surface area contributed by atoms with Crippen LogP contribution in [0.5, 0.6) is 5.75 Å². The molecule has 0 unspecified atom stereocenters. The number of benzene rings is 2. The van der Waals surface area contributed by atoms with Crippen molar-refractivity contribution in [2.45, 2.75) is 217 Å². The fourth-order valence-corrected chi connectivity index (χ4v) is 20.2. The van der Waals surface area contributed by atoms with Gasteiger partial charge in [-0.2, -0.15) is 0 Å². The molecule has 5 fully saturated rings. The summed E-state index contributed by atoms with van der Waals surface area (Å²) in [4.78, 5) is 144. The van der Waals surface area contributed by atoms with Crippen molar-refractivity contribution in [3.05, 3.63) is 155 Å². The summed E-state index contributed by atoms with van der Waals surface area (Å²) in [6.07, 6.45) is 15.2. The van der Waals surface area contributed by atoms with E-state index in [0.29, 0.717) is 158 Å². The maximum atomic E-state index is 16.0. The molecule has 1 saturated carbocycles. The number of nitrogens with one attached hydrogen (secondary N) is 2. The number of carbonyl (C=O) groups excluding carboxylic acids is 8. The number of anilines is 3. The van der Waals surface area contributed by atoms with Gasteiger partial charge in [0.25, 0.3) is 23.5 Å². The summed E-state index contributed by atoms with van der Waals surface area (Å²) in [5, 5.41) is 40.4. The Bertz CT molecular complexity index is 5200. The van der Waals surface area contributed by atoms with Crippen LogP contribution in [0, 0.1) is 42.3 Å². The van der Waals surface area contributed by atoms with E-state index in [1.165, 1.54) is 49.4 Å². The number of Topliss-reactive ketones (excluding diaryl/α,β-unsaturated/α-hetero) is 2. The van der Waals surface area contributed by atoms with Crippen LogP contribution in [0.4, 0.5) is 26.9 Å². The number of nitrogens with zero attached hydrogens (tertiary/aromatic N) is 11. The van der Waals surface area contributed by atoms with Gasteiger partial charge < -0.3 is 99.8 Å². The van der Waals surface area contributed by atoms with Gasteiger partial charge in [0.2, 0.25) is 23.6 Å². The summed E-state index contributed by atoms with van der Waals surface area (Å²) in [5.41, 5.74) is 17.1. The van der Waals surface area contributed by atoms with E-state index in [1.807, 2.05) is 85.2 Å². The topological polar surface area (TPSA) is 465 Å². The Balaban J connectivity index is 0.551. The fourth-order valence-electron chi connectivity index (χ4n) is 18.9. The number of cyclic esters (lactones) is 1. The molecule has 5 aromatic rings. The molecule has 7 aliphatic rings. The van der Waals surface area contributed by atoms with E-state index in [9.17, 15) is 62.1 Å². The number of aromatic nitrogens is 5. The average molecular weight is 1910 g/mol. The van der Waals surface area contributed by atoms with Crippen LogP contribution in [-0.2, 0) is 80.1 Å². The summed E-state index contributed by atoms with van der Waals surface area (Å²) in [7, 11) is 0.308. The number of methoxy groups -OCH3 is 3. The number of amides is 5. The lowest BCUT2D eigenvalue weighted by Gasteiger charge is -2.43. The lowest BCUT2D eigenvalue weighted by atomic mass is 9.80. The molecule has 136 heavy (non-hydrogen) atoms. The molecule has 9 N–H and O–H groups in total. The number of hydrogen-bond donors (Lipinski definition) is 7. The van der Waals surface area contributed by atoms with Gasteiger partial charge in [0.05, 0.1) is 61.9 Å². The number of pyridine rings is 1. The number of rotatable bonds is 24. The molecule has 12 rings (SSSR count). The first-order valence-electron chi connectivity index (χ1n) is 47.3. The van der Waals surface area contributed by atoms with Gasteiger partial charge in [-0.1, -0.05) is 70.2 Å². The quantitative estimate of drug-likeness (QED) is 0.0137. The smallest absolute Gasteiger partial charge is 0.407 e. The van der Waals surface area contributed by atoms with Gasteiger partial charge in [0.15, 0.2) is 15.6 Å². The molecule has 0 spiro atoms. The molecular formula is C98H134FN15O21S. The number of ketones is 2. The van der Waals surface area contributed by atoms with E-state index in [1.54, 1.807) is 63.5 Å². The number of piperidine rings is 1. The molecule has 9 heterocycles. The highest BCUT2D eigenvalue weighted by atomic mass is 32.2. The molecule has 2 bridgehead atoms. The van der Waals surface area contributed by atoms with Crippen molar-refractivity contribution in [3.63, 3.8) is 0 Å². The van der Waals surface area contributed by atoms with E-state index in [0.717, 1.165) is 28.3 Å². The minimum Gasteiger partial charge on any atom is -0.491 e. The molecular weight excluding hydrogens is 1770 g/mol. The van der Waals surface area contributed by atoms with Gasteiger partial charge in [0, 0.05) is 196 Å². The third kappa shape index (κ3) is 27.0. The predicted octanol–water partition coefficient (Wildman–Crippen LogP) is 7.39. The molecule has 6 aliphatic heterocycles. The highest BCUT2D eigenvalue weighted by Crippen LogP contribution is 2.40. The van der Waals surface area contributed by atoms with Crippen molar-refractivity contribution in [2.75, 3.05) is 141 Å². The molecule has 2 aromatic carbocycles. The first-order chi connectivity index (χ1) is 65.1. The number of carbonyl (C=O) groups is 8. The molecule has 0 radical (unpaired) electrons. The zero-order valence-corrected chi connectivity index (χ0v) is 80.3. The van der Waals surface area contributed by atoms with E-state index >= 15 is 4.39 Å². The van der Waals surface area contributed by atoms with Crippen LogP contribution in [0.15, 0.2) is 126 Å². The third-order valence-electron chi connectivity index (χ3n) is 27.3. The summed E-state index contributed by atoms with van der Waals surface area (Å²) < 4.78 is 91.6. The number of ether oxygens (including phenoxy) is 8. The Morgan fingerprint density at radius 3 is 2.11 bits per heavy atom. The van der Waals surface area contributed by atoms with Crippen molar-refractivity contribution in [3.8, 4) is 16.9 Å². The van der Waals surface area contributed by atoms with Gasteiger partial charge in [-0.15, -0.1) is 0 Å². The summed E-state index contributed by atoms with van der Waals surface area (Å²) >= 11 is 0.